The summed E-state index contributed by atoms with van der Waals surface area (Å²) in [5, 5.41) is 6.36. The molecule has 3 rings (SSSR count). The fraction of sp³-hybridized carbons (Fsp3) is 0.250. The Morgan fingerprint density at radius 3 is 3.24 bits per heavy atom. The molecule has 0 saturated carbocycles. The van der Waals surface area contributed by atoms with Gasteiger partial charge in [-0.3, -0.25) is 0 Å². The molecule has 2 aliphatic rings. The van der Waals surface area contributed by atoms with Crippen molar-refractivity contribution < 1.29 is 0 Å². The van der Waals surface area contributed by atoms with Crippen LogP contribution in [-0.4, -0.2) is 12.6 Å². The summed E-state index contributed by atoms with van der Waals surface area (Å²) >= 11 is 0. The third-order valence-electron chi connectivity index (χ3n) is 3.52. The number of rotatable bonds is 3. The molecular formula is C16H17N. The van der Waals surface area contributed by atoms with Crippen molar-refractivity contribution in [3.8, 4) is 0 Å². The Labute approximate surface area is 102 Å². The van der Waals surface area contributed by atoms with Gasteiger partial charge >= 0.3 is 0 Å². The van der Waals surface area contributed by atoms with Gasteiger partial charge in [0.25, 0.3) is 0 Å². The minimum absolute atomic E-state index is 0.456. The van der Waals surface area contributed by atoms with Gasteiger partial charge in [-0.05, 0) is 28.8 Å². The van der Waals surface area contributed by atoms with Gasteiger partial charge < -0.3 is 5.32 Å². The maximum atomic E-state index is 3.76. The lowest BCUT2D eigenvalue weighted by Gasteiger charge is -2.22. The average molecular weight is 223 g/mol. The van der Waals surface area contributed by atoms with Crippen LogP contribution in [-0.2, 0) is 0 Å². The molecule has 1 aromatic rings. The van der Waals surface area contributed by atoms with Crippen molar-refractivity contribution in [1.82, 2.24) is 5.32 Å². The highest BCUT2D eigenvalue weighted by atomic mass is 14.9. The van der Waals surface area contributed by atoms with Gasteiger partial charge in [-0.25, -0.2) is 0 Å². The molecule has 0 saturated heterocycles. The summed E-state index contributed by atoms with van der Waals surface area (Å²) in [6.45, 7) is 4.63. The molecule has 0 radical (unpaired) electrons. The van der Waals surface area contributed by atoms with E-state index in [1.54, 1.807) is 5.57 Å². The Balaban J connectivity index is 2.09. The molecule has 0 bridgehead atoms. The van der Waals surface area contributed by atoms with Crippen molar-refractivity contribution in [3.63, 3.8) is 0 Å². The first-order valence-electron chi connectivity index (χ1n) is 6.22. The highest BCUT2D eigenvalue weighted by Crippen LogP contribution is 2.18. The standard InChI is InChI=1S/C16H17N/c1-2-9-17-15-10-13-7-3-5-12-6-4-8-14(11-15)16(12)13/h2-7,10,15,17H,1,8-9,11H2. The van der Waals surface area contributed by atoms with Crippen LogP contribution < -0.4 is 15.8 Å². The van der Waals surface area contributed by atoms with Gasteiger partial charge in [-0.1, -0.05) is 48.1 Å². The lowest BCUT2D eigenvalue weighted by Crippen LogP contribution is -2.41. The summed E-state index contributed by atoms with van der Waals surface area (Å²) in [6, 6.07) is 7.03. The molecule has 17 heavy (non-hydrogen) atoms. The molecule has 1 nitrogen and oxygen atoms in total. The quantitative estimate of drug-likeness (QED) is 0.767. The van der Waals surface area contributed by atoms with Gasteiger partial charge in [0.1, 0.15) is 0 Å². The minimum Gasteiger partial charge on any atom is -0.307 e. The molecule has 1 atom stereocenters. The van der Waals surface area contributed by atoms with E-state index in [2.05, 4.69) is 48.3 Å². The molecule has 0 fully saturated rings. The predicted octanol–water partition coefficient (Wildman–Crippen LogP) is 1.58. The highest BCUT2D eigenvalue weighted by Gasteiger charge is 2.15. The zero-order chi connectivity index (χ0) is 11.7. The van der Waals surface area contributed by atoms with Crippen LogP contribution in [0.15, 0.2) is 36.9 Å². The number of allylic oxidation sites excluding steroid dienone is 1. The highest BCUT2D eigenvalue weighted by molar-refractivity contribution is 5.67. The Morgan fingerprint density at radius 2 is 2.35 bits per heavy atom. The molecule has 1 unspecified atom stereocenters. The van der Waals surface area contributed by atoms with Gasteiger partial charge in [-0.2, -0.15) is 0 Å². The normalized spacial score (nSPS) is 20.7. The Bertz CT molecular complexity index is 592. The summed E-state index contributed by atoms with van der Waals surface area (Å²) in [4.78, 5) is 0. The SMILES string of the molecule is C=CCNC1C=c2cccc3c2=C(CC=C3)C1. The fourth-order valence-corrected chi connectivity index (χ4v) is 2.80. The smallest absolute Gasteiger partial charge is 0.0299 e. The monoisotopic (exact) mass is 223 g/mol. The van der Waals surface area contributed by atoms with Crippen LogP contribution in [0.25, 0.3) is 17.7 Å². The zero-order valence-electron chi connectivity index (χ0n) is 9.95. The van der Waals surface area contributed by atoms with Crippen LogP contribution in [0.3, 0.4) is 0 Å². The van der Waals surface area contributed by atoms with Crippen molar-refractivity contribution in [2.75, 3.05) is 6.54 Å². The number of benzene rings is 1. The van der Waals surface area contributed by atoms with Crippen molar-refractivity contribution >= 4 is 17.7 Å². The van der Waals surface area contributed by atoms with E-state index in [1.165, 1.54) is 16.0 Å². The van der Waals surface area contributed by atoms with Gasteiger partial charge in [0.2, 0.25) is 0 Å². The molecule has 0 amide bonds. The van der Waals surface area contributed by atoms with E-state index in [4.69, 9.17) is 0 Å². The van der Waals surface area contributed by atoms with Crippen LogP contribution in [0.1, 0.15) is 18.4 Å². The predicted molar refractivity (Wildman–Crippen MR) is 73.8 cm³/mol. The summed E-state index contributed by atoms with van der Waals surface area (Å²) in [5.41, 5.74) is 2.95. The van der Waals surface area contributed by atoms with E-state index >= 15 is 0 Å². The molecule has 2 aliphatic carbocycles. The van der Waals surface area contributed by atoms with E-state index < -0.39 is 0 Å². The number of hydrogen-bond acceptors (Lipinski definition) is 1. The van der Waals surface area contributed by atoms with Gasteiger partial charge in [0, 0.05) is 12.6 Å². The second-order valence-electron chi connectivity index (χ2n) is 4.70. The maximum absolute atomic E-state index is 3.76. The summed E-state index contributed by atoms with van der Waals surface area (Å²) in [5.74, 6) is 0. The van der Waals surface area contributed by atoms with E-state index in [-0.39, 0.29) is 0 Å². The van der Waals surface area contributed by atoms with E-state index in [0.29, 0.717) is 6.04 Å². The topological polar surface area (TPSA) is 12.0 Å². The van der Waals surface area contributed by atoms with Crippen molar-refractivity contribution in [3.05, 3.63) is 52.9 Å². The second-order valence-corrected chi connectivity index (χ2v) is 4.70. The van der Waals surface area contributed by atoms with E-state index in [1.807, 2.05) is 6.08 Å². The van der Waals surface area contributed by atoms with Crippen LogP contribution in [0.2, 0.25) is 0 Å². The van der Waals surface area contributed by atoms with Crippen molar-refractivity contribution in [1.29, 1.82) is 0 Å². The summed E-state index contributed by atoms with van der Waals surface area (Å²) in [7, 11) is 0. The molecule has 1 heteroatoms. The van der Waals surface area contributed by atoms with Crippen molar-refractivity contribution in [2.24, 2.45) is 0 Å². The molecular weight excluding hydrogens is 206 g/mol. The zero-order valence-corrected chi connectivity index (χ0v) is 9.95. The Kier molecular flexibility index (Phi) is 2.69. The first-order valence-corrected chi connectivity index (χ1v) is 6.22. The van der Waals surface area contributed by atoms with E-state index in [0.717, 1.165) is 19.4 Å². The summed E-state index contributed by atoms with van der Waals surface area (Å²) < 4.78 is 0. The lowest BCUT2D eigenvalue weighted by atomic mass is 9.88. The molecule has 0 aromatic heterocycles. The largest absolute Gasteiger partial charge is 0.307 e. The van der Waals surface area contributed by atoms with Crippen LogP contribution in [0, 0.1) is 0 Å². The van der Waals surface area contributed by atoms with Crippen LogP contribution >= 0.6 is 0 Å². The van der Waals surface area contributed by atoms with Gasteiger partial charge in [-0.15, -0.1) is 6.58 Å². The maximum Gasteiger partial charge on any atom is 0.0299 e. The molecule has 1 aromatic carbocycles. The lowest BCUT2D eigenvalue weighted by molar-refractivity contribution is 0.663. The first-order chi connectivity index (χ1) is 8.38. The van der Waals surface area contributed by atoms with Crippen molar-refractivity contribution in [2.45, 2.75) is 18.9 Å². The minimum atomic E-state index is 0.456. The molecule has 0 spiro atoms. The van der Waals surface area contributed by atoms with Crippen LogP contribution in [0.5, 0.6) is 0 Å². The molecule has 0 heterocycles. The van der Waals surface area contributed by atoms with Gasteiger partial charge in [0.05, 0.1) is 0 Å². The van der Waals surface area contributed by atoms with E-state index in [9.17, 15) is 0 Å². The van der Waals surface area contributed by atoms with Crippen LogP contribution in [0.4, 0.5) is 0 Å². The Hall–Kier alpha value is -1.60. The van der Waals surface area contributed by atoms with Gasteiger partial charge in [0.15, 0.2) is 0 Å². The second kappa shape index (κ2) is 4.34. The Morgan fingerprint density at radius 1 is 1.41 bits per heavy atom. The first kappa shape index (κ1) is 10.5. The summed E-state index contributed by atoms with van der Waals surface area (Å²) in [6.07, 6.45) is 11.0. The number of nitrogens with one attached hydrogen (secondary N) is 1. The molecule has 1 N–H and O–H groups in total. The average Bonchev–Trinajstić information content (AvgIpc) is 2.37. The number of hydrogen-bond donors (Lipinski definition) is 1. The molecule has 0 aliphatic heterocycles. The third kappa shape index (κ3) is 1.87. The third-order valence-corrected chi connectivity index (χ3v) is 3.52. The fourth-order valence-electron chi connectivity index (χ4n) is 2.80. The molecule has 86 valence electrons.